The number of hydrogen-bond acceptors (Lipinski definition) is 7. The summed E-state index contributed by atoms with van der Waals surface area (Å²) in [6, 6.07) is 10.6. The van der Waals surface area contributed by atoms with E-state index in [4.69, 9.17) is 10.7 Å². The third kappa shape index (κ3) is 3.81. The summed E-state index contributed by atoms with van der Waals surface area (Å²) in [4.78, 5) is 23.4. The van der Waals surface area contributed by atoms with E-state index >= 15 is 0 Å². The molecule has 31 heavy (non-hydrogen) atoms. The minimum absolute atomic E-state index is 0.147. The number of imidazole rings is 1. The number of aliphatic imine (C=N–C) groups is 1. The number of anilines is 1. The molecule has 0 bridgehead atoms. The van der Waals surface area contributed by atoms with Crippen LogP contribution in [0.25, 0.3) is 21.9 Å². The van der Waals surface area contributed by atoms with Crippen LogP contribution >= 0.6 is 0 Å². The number of aromatic nitrogens is 3. The van der Waals surface area contributed by atoms with Gasteiger partial charge in [-0.1, -0.05) is 37.6 Å². The van der Waals surface area contributed by atoms with E-state index in [1.165, 1.54) is 6.07 Å². The number of aryl methyl sites for hydroxylation is 1. The van der Waals surface area contributed by atoms with Crippen molar-refractivity contribution in [1.29, 1.82) is 0 Å². The fourth-order valence-electron chi connectivity index (χ4n) is 3.80. The molecule has 2 aromatic heterocycles. The number of phenolic OH excluding ortho intramolecular Hbond substituents is 2. The number of fused-ring (bicyclic) bond motifs is 3. The number of para-hydroxylation sites is 1. The molecule has 0 unspecified atom stereocenters. The molecule has 0 saturated heterocycles. The van der Waals surface area contributed by atoms with Gasteiger partial charge in [-0.2, -0.15) is 0 Å². The zero-order chi connectivity index (χ0) is 22.0. The maximum absolute atomic E-state index is 10.5. The number of nitrogens with zero attached hydrogens (tertiary/aromatic N) is 4. The van der Waals surface area contributed by atoms with Gasteiger partial charge in [0.05, 0.1) is 24.1 Å². The van der Waals surface area contributed by atoms with Crippen LogP contribution in [-0.2, 0) is 24.3 Å². The second-order valence-electron chi connectivity index (χ2n) is 7.46. The summed E-state index contributed by atoms with van der Waals surface area (Å²) < 4.78 is 2.03. The summed E-state index contributed by atoms with van der Waals surface area (Å²) in [5.41, 5.74) is 9.78. The largest absolute Gasteiger partial charge is 0.504 e. The van der Waals surface area contributed by atoms with Gasteiger partial charge in [-0.3, -0.25) is 0 Å². The Morgan fingerprint density at radius 3 is 2.81 bits per heavy atom. The third-order valence-electron chi connectivity index (χ3n) is 5.35. The topological polar surface area (TPSA) is 127 Å². The molecule has 0 aliphatic heterocycles. The van der Waals surface area contributed by atoms with E-state index < -0.39 is 0 Å². The van der Waals surface area contributed by atoms with Gasteiger partial charge in [0, 0.05) is 17.4 Å². The van der Waals surface area contributed by atoms with Gasteiger partial charge in [0.25, 0.3) is 0 Å². The Morgan fingerprint density at radius 1 is 1.19 bits per heavy atom. The predicted molar refractivity (Wildman–Crippen MR) is 119 cm³/mol. The summed E-state index contributed by atoms with van der Waals surface area (Å²) in [6.45, 7) is 2.66. The van der Waals surface area contributed by atoms with Crippen molar-refractivity contribution in [2.75, 3.05) is 5.73 Å². The van der Waals surface area contributed by atoms with E-state index in [0.717, 1.165) is 41.6 Å². The highest BCUT2D eigenvalue weighted by Gasteiger charge is 2.19. The number of pyridine rings is 1. The number of carbonyl (C=O) groups excluding carboxylic acids is 1. The molecule has 2 heterocycles. The number of benzene rings is 2. The average molecular weight is 417 g/mol. The van der Waals surface area contributed by atoms with Crippen LogP contribution < -0.4 is 5.73 Å². The van der Waals surface area contributed by atoms with Crippen molar-refractivity contribution >= 4 is 33.8 Å². The van der Waals surface area contributed by atoms with Crippen molar-refractivity contribution < 1.29 is 15.0 Å². The molecule has 8 heteroatoms. The van der Waals surface area contributed by atoms with E-state index in [1.54, 1.807) is 18.2 Å². The molecule has 4 N–H and O–H groups in total. The smallest absolute Gasteiger partial charge is 0.235 e. The van der Waals surface area contributed by atoms with Crippen molar-refractivity contribution in [2.24, 2.45) is 4.99 Å². The maximum atomic E-state index is 10.5. The number of nitrogen functional groups attached to an aromatic ring is 1. The highest BCUT2D eigenvalue weighted by Crippen LogP contribution is 2.33. The fourth-order valence-corrected chi connectivity index (χ4v) is 3.80. The van der Waals surface area contributed by atoms with Crippen molar-refractivity contribution in [2.45, 2.75) is 39.3 Å². The van der Waals surface area contributed by atoms with E-state index in [0.29, 0.717) is 29.0 Å². The second kappa shape index (κ2) is 8.45. The molecular weight excluding hydrogens is 394 g/mol. The zero-order valence-electron chi connectivity index (χ0n) is 17.2. The van der Waals surface area contributed by atoms with Crippen LogP contribution in [0, 0.1) is 0 Å². The van der Waals surface area contributed by atoms with Crippen molar-refractivity contribution in [3.8, 4) is 11.5 Å². The van der Waals surface area contributed by atoms with Crippen molar-refractivity contribution in [3.63, 3.8) is 0 Å². The Morgan fingerprint density at radius 2 is 2.03 bits per heavy atom. The van der Waals surface area contributed by atoms with E-state index in [1.807, 2.05) is 22.8 Å². The van der Waals surface area contributed by atoms with Crippen molar-refractivity contribution in [1.82, 2.24) is 14.5 Å². The number of phenols is 2. The molecule has 0 amide bonds. The minimum atomic E-state index is -0.163. The van der Waals surface area contributed by atoms with Gasteiger partial charge in [0.15, 0.2) is 17.3 Å². The minimum Gasteiger partial charge on any atom is -0.504 e. The predicted octanol–water partition coefficient (Wildman–Crippen LogP) is 3.80. The van der Waals surface area contributed by atoms with E-state index in [2.05, 4.69) is 16.9 Å². The third-order valence-corrected chi connectivity index (χ3v) is 5.35. The molecule has 4 aromatic rings. The zero-order valence-corrected chi connectivity index (χ0v) is 17.2. The van der Waals surface area contributed by atoms with Gasteiger partial charge in [-0.05, 0) is 24.1 Å². The molecule has 8 nitrogen and oxygen atoms in total. The summed E-state index contributed by atoms with van der Waals surface area (Å²) in [5.74, 6) is 0.847. The lowest BCUT2D eigenvalue weighted by molar-refractivity contribution is 0.398. The molecule has 0 saturated carbocycles. The SMILES string of the molecule is CCCCc1nc2c(N)nc3cc(CN=C=O)ccc3c2n1Cc1cccc(O)c1O. The van der Waals surface area contributed by atoms with Crippen LogP contribution in [0.15, 0.2) is 41.4 Å². The number of rotatable bonds is 7. The van der Waals surface area contributed by atoms with Gasteiger partial charge in [-0.25, -0.2) is 19.8 Å². The summed E-state index contributed by atoms with van der Waals surface area (Å²) in [7, 11) is 0. The lowest BCUT2D eigenvalue weighted by atomic mass is 10.1. The van der Waals surface area contributed by atoms with E-state index in [9.17, 15) is 15.0 Å². The van der Waals surface area contributed by atoms with Crippen LogP contribution in [0.4, 0.5) is 5.82 Å². The Hall–Kier alpha value is -3.90. The Balaban J connectivity index is 1.95. The molecule has 0 radical (unpaired) electrons. The summed E-state index contributed by atoms with van der Waals surface area (Å²) >= 11 is 0. The molecule has 4 rings (SSSR count). The van der Waals surface area contributed by atoms with E-state index in [-0.39, 0.29) is 18.0 Å². The van der Waals surface area contributed by atoms with Gasteiger partial charge in [-0.15, -0.1) is 0 Å². The Labute approximate surface area is 178 Å². The van der Waals surface area contributed by atoms with Crippen LogP contribution in [0.5, 0.6) is 11.5 Å². The molecule has 0 fully saturated rings. The number of hydrogen-bond donors (Lipinski definition) is 3. The summed E-state index contributed by atoms with van der Waals surface area (Å²) in [5, 5.41) is 21.1. The second-order valence-corrected chi connectivity index (χ2v) is 7.46. The van der Waals surface area contributed by atoms with Gasteiger partial charge in [0.1, 0.15) is 11.3 Å². The first-order valence-corrected chi connectivity index (χ1v) is 10.1. The molecule has 0 spiro atoms. The van der Waals surface area contributed by atoms with Crippen LogP contribution in [0.3, 0.4) is 0 Å². The van der Waals surface area contributed by atoms with Crippen LogP contribution in [0.2, 0.25) is 0 Å². The highest BCUT2D eigenvalue weighted by molar-refractivity contribution is 6.06. The first-order chi connectivity index (χ1) is 15.0. The van der Waals surface area contributed by atoms with Crippen LogP contribution in [-0.4, -0.2) is 30.8 Å². The fraction of sp³-hybridized carbons (Fsp3) is 0.261. The lowest BCUT2D eigenvalue weighted by Crippen LogP contribution is -2.06. The first-order valence-electron chi connectivity index (χ1n) is 10.1. The molecule has 0 aliphatic carbocycles. The Kier molecular flexibility index (Phi) is 5.56. The normalized spacial score (nSPS) is 11.1. The van der Waals surface area contributed by atoms with Crippen molar-refractivity contribution in [3.05, 3.63) is 53.3 Å². The molecule has 0 atom stereocenters. The Bertz CT molecular complexity index is 1320. The number of aromatic hydroxyl groups is 2. The van der Waals surface area contributed by atoms with Gasteiger partial charge in [0.2, 0.25) is 6.08 Å². The highest BCUT2D eigenvalue weighted by atomic mass is 16.3. The van der Waals surface area contributed by atoms with Gasteiger partial charge < -0.3 is 20.5 Å². The quantitative estimate of drug-likeness (QED) is 0.238. The molecule has 158 valence electrons. The first kappa shape index (κ1) is 20.4. The molecule has 2 aromatic carbocycles. The van der Waals surface area contributed by atoms with Crippen LogP contribution in [0.1, 0.15) is 36.7 Å². The number of isocyanates is 1. The molecule has 0 aliphatic rings. The number of nitrogens with two attached hydrogens (primary N) is 1. The maximum Gasteiger partial charge on any atom is 0.235 e. The number of unbranched alkanes of at least 4 members (excludes halogenated alkanes) is 1. The molecular formula is C23H23N5O3. The lowest BCUT2D eigenvalue weighted by Gasteiger charge is -2.13. The van der Waals surface area contributed by atoms with Gasteiger partial charge >= 0.3 is 0 Å². The summed E-state index contributed by atoms with van der Waals surface area (Å²) in [6.07, 6.45) is 4.26. The standard InChI is InChI=1S/C23H23N5O3/c1-2-3-7-19-27-20-21(28(19)12-15-5-4-6-18(30)22(15)31)16-9-8-14(11-25-13-29)10-17(16)26-23(20)24/h4-6,8-10,30-31H,2-3,7,11-12H2,1H3,(H2,24,26). The monoisotopic (exact) mass is 417 g/mol. The average Bonchev–Trinajstić information content (AvgIpc) is 3.13.